The third kappa shape index (κ3) is 5.82. The highest BCUT2D eigenvalue weighted by molar-refractivity contribution is 8.07. The Morgan fingerprint density at radius 2 is 1.64 bits per heavy atom. The molecule has 2 saturated carbocycles. The molecule has 6 atom stereocenters. The SMILES string of the molecule is CCC(COC)(COC(=O)C1CCCC(S)C1)COC(=O)C1CCC2SC2C1. The number of fused-ring (bicyclic) bond motifs is 1. The largest absolute Gasteiger partial charge is 0.465 e. The minimum atomic E-state index is -0.485. The lowest BCUT2D eigenvalue weighted by atomic mass is 9.86. The Balaban J connectivity index is 1.50. The van der Waals surface area contributed by atoms with Gasteiger partial charge >= 0.3 is 11.9 Å². The molecule has 2 aliphatic carbocycles. The van der Waals surface area contributed by atoms with Crippen LogP contribution in [0.5, 0.6) is 0 Å². The molecule has 160 valence electrons. The predicted octanol–water partition coefficient (Wildman–Crippen LogP) is 3.89. The van der Waals surface area contributed by atoms with Crippen LogP contribution in [0.2, 0.25) is 0 Å². The van der Waals surface area contributed by atoms with Crippen molar-refractivity contribution in [2.24, 2.45) is 17.3 Å². The summed E-state index contributed by atoms with van der Waals surface area (Å²) in [6.45, 7) is 2.88. The van der Waals surface area contributed by atoms with E-state index in [1.807, 2.05) is 18.7 Å². The molecule has 3 aliphatic rings. The Morgan fingerprint density at radius 1 is 0.964 bits per heavy atom. The highest BCUT2D eigenvalue weighted by Crippen LogP contribution is 2.52. The summed E-state index contributed by atoms with van der Waals surface area (Å²) < 4.78 is 16.8. The van der Waals surface area contributed by atoms with Crippen LogP contribution < -0.4 is 0 Å². The number of thiol groups is 1. The number of carbonyl (C=O) groups is 2. The van der Waals surface area contributed by atoms with E-state index in [0.29, 0.717) is 18.3 Å². The number of ether oxygens (including phenoxy) is 3. The second-order valence-electron chi connectivity index (χ2n) is 8.74. The van der Waals surface area contributed by atoms with Crippen molar-refractivity contribution in [3.8, 4) is 0 Å². The highest BCUT2D eigenvalue weighted by Gasteiger charge is 2.46. The van der Waals surface area contributed by atoms with Gasteiger partial charge in [0.15, 0.2) is 0 Å². The van der Waals surface area contributed by atoms with Crippen LogP contribution in [0.25, 0.3) is 0 Å². The zero-order valence-corrected chi connectivity index (χ0v) is 18.8. The van der Waals surface area contributed by atoms with Crippen LogP contribution in [0.4, 0.5) is 0 Å². The molecular formula is C21H34O5S2. The monoisotopic (exact) mass is 430 g/mol. The topological polar surface area (TPSA) is 61.8 Å². The normalized spacial score (nSPS) is 34.0. The maximum atomic E-state index is 12.6. The van der Waals surface area contributed by atoms with Gasteiger partial charge < -0.3 is 14.2 Å². The first-order valence-electron chi connectivity index (χ1n) is 10.6. The molecule has 0 aromatic carbocycles. The van der Waals surface area contributed by atoms with E-state index in [2.05, 4.69) is 12.6 Å². The van der Waals surface area contributed by atoms with Gasteiger partial charge in [0, 0.05) is 22.9 Å². The van der Waals surface area contributed by atoms with E-state index in [1.165, 1.54) is 0 Å². The van der Waals surface area contributed by atoms with Gasteiger partial charge in [-0.3, -0.25) is 9.59 Å². The van der Waals surface area contributed by atoms with Crippen molar-refractivity contribution in [1.82, 2.24) is 0 Å². The molecule has 1 aliphatic heterocycles. The van der Waals surface area contributed by atoms with Crippen LogP contribution in [-0.2, 0) is 23.8 Å². The first-order valence-corrected chi connectivity index (χ1v) is 12.1. The van der Waals surface area contributed by atoms with Crippen molar-refractivity contribution in [1.29, 1.82) is 0 Å². The van der Waals surface area contributed by atoms with E-state index < -0.39 is 5.41 Å². The Hall–Kier alpha value is -0.400. The summed E-state index contributed by atoms with van der Waals surface area (Å²) in [5, 5.41) is 1.72. The van der Waals surface area contributed by atoms with Gasteiger partial charge in [-0.1, -0.05) is 13.3 Å². The first-order chi connectivity index (χ1) is 13.5. The number of rotatable bonds is 9. The summed E-state index contributed by atoms with van der Waals surface area (Å²) in [6.07, 6.45) is 7.44. The van der Waals surface area contributed by atoms with E-state index in [9.17, 15) is 9.59 Å². The first kappa shape index (κ1) is 22.3. The molecule has 3 rings (SSSR count). The standard InChI is InChI=1S/C21H34O5S2/c1-3-21(11-24-2,12-25-19(22)14-5-4-6-16(27)9-14)13-26-20(23)15-7-8-17-18(10-15)28-17/h14-18,27H,3-13H2,1-2H3. The zero-order valence-electron chi connectivity index (χ0n) is 17.1. The Bertz CT molecular complexity index is 533. The zero-order chi connectivity index (χ0) is 20.1. The van der Waals surface area contributed by atoms with Crippen LogP contribution in [0, 0.1) is 17.3 Å². The Labute approximate surface area is 178 Å². The summed E-state index contributed by atoms with van der Waals surface area (Å²) >= 11 is 6.51. The minimum Gasteiger partial charge on any atom is -0.465 e. The third-order valence-electron chi connectivity index (χ3n) is 6.56. The van der Waals surface area contributed by atoms with Gasteiger partial charge in [0.05, 0.1) is 23.9 Å². The number of esters is 2. The van der Waals surface area contributed by atoms with Crippen molar-refractivity contribution in [3.05, 3.63) is 0 Å². The number of hydrogen-bond acceptors (Lipinski definition) is 7. The fraction of sp³-hybridized carbons (Fsp3) is 0.905. The van der Waals surface area contributed by atoms with Gasteiger partial charge in [-0.2, -0.15) is 24.4 Å². The Kier molecular flexibility index (Phi) is 8.02. The van der Waals surface area contributed by atoms with Crippen LogP contribution in [0.1, 0.15) is 58.3 Å². The van der Waals surface area contributed by atoms with Crippen LogP contribution >= 0.6 is 24.4 Å². The maximum absolute atomic E-state index is 12.6. The van der Waals surface area contributed by atoms with E-state index in [1.54, 1.807) is 7.11 Å². The fourth-order valence-corrected chi connectivity index (χ4v) is 6.08. The van der Waals surface area contributed by atoms with E-state index >= 15 is 0 Å². The second kappa shape index (κ2) is 10.1. The summed E-state index contributed by atoms with van der Waals surface area (Å²) in [7, 11) is 1.63. The smallest absolute Gasteiger partial charge is 0.308 e. The molecule has 5 nitrogen and oxygen atoms in total. The molecule has 28 heavy (non-hydrogen) atoms. The van der Waals surface area contributed by atoms with Crippen molar-refractivity contribution in [2.45, 2.75) is 74.0 Å². The number of methoxy groups -OCH3 is 1. The highest BCUT2D eigenvalue weighted by atomic mass is 32.2. The van der Waals surface area contributed by atoms with Gasteiger partial charge in [-0.25, -0.2) is 0 Å². The van der Waals surface area contributed by atoms with Gasteiger partial charge in [0.1, 0.15) is 13.2 Å². The van der Waals surface area contributed by atoms with Crippen LogP contribution in [-0.4, -0.2) is 54.6 Å². The van der Waals surface area contributed by atoms with Gasteiger partial charge in [0.25, 0.3) is 0 Å². The summed E-state index contributed by atoms with van der Waals surface area (Å²) in [5.41, 5.74) is -0.485. The fourth-order valence-electron chi connectivity index (χ4n) is 4.42. The van der Waals surface area contributed by atoms with E-state index in [-0.39, 0.29) is 42.2 Å². The quantitative estimate of drug-likeness (QED) is 0.340. The third-order valence-corrected chi connectivity index (χ3v) is 8.50. The number of carbonyl (C=O) groups excluding carboxylic acids is 2. The lowest BCUT2D eigenvalue weighted by molar-refractivity contribution is -0.163. The molecule has 7 heteroatoms. The average molecular weight is 431 g/mol. The van der Waals surface area contributed by atoms with Crippen molar-refractivity contribution in [3.63, 3.8) is 0 Å². The van der Waals surface area contributed by atoms with Crippen molar-refractivity contribution < 1.29 is 23.8 Å². The summed E-state index contributed by atoms with van der Waals surface area (Å²) in [5.74, 6) is -0.299. The van der Waals surface area contributed by atoms with E-state index in [4.69, 9.17) is 14.2 Å². The van der Waals surface area contributed by atoms with Crippen molar-refractivity contribution >= 4 is 36.3 Å². The number of thioether (sulfide) groups is 1. The predicted molar refractivity (Wildman–Crippen MR) is 114 cm³/mol. The molecule has 0 bridgehead atoms. The molecule has 0 aromatic heterocycles. The summed E-state index contributed by atoms with van der Waals surface area (Å²) in [6, 6.07) is 0. The molecule has 6 unspecified atom stereocenters. The molecule has 0 radical (unpaired) electrons. The van der Waals surface area contributed by atoms with Gasteiger partial charge in [0.2, 0.25) is 0 Å². The lowest BCUT2D eigenvalue weighted by Gasteiger charge is -2.33. The molecule has 1 saturated heterocycles. The lowest BCUT2D eigenvalue weighted by Crippen LogP contribution is -2.40. The molecule has 3 fully saturated rings. The van der Waals surface area contributed by atoms with Gasteiger partial charge in [-0.05, 0) is 44.9 Å². The van der Waals surface area contributed by atoms with Crippen LogP contribution in [0.15, 0.2) is 0 Å². The van der Waals surface area contributed by atoms with Crippen LogP contribution in [0.3, 0.4) is 0 Å². The van der Waals surface area contributed by atoms with Gasteiger partial charge in [-0.15, -0.1) is 0 Å². The summed E-state index contributed by atoms with van der Waals surface area (Å²) in [4.78, 5) is 25.1. The Morgan fingerprint density at radius 3 is 2.21 bits per heavy atom. The molecule has 0 N–H and O–H groups in total. The number of hydrogen-bond donors (Lipinski definition) is 1. The molecule has 0 aromatic rings. The molecular weight excluding hydrogens is 396 g/mol. The maximum Gasteiger partial charge on any atom is 0.308 e. The molecule has 0 amide bonds. The van der Waals surface area contributed by atoms with E-state index in [0.717, 1.165) is 50.2 Å². The van der Waals surface area contributed by atoms with Crippen molar-refractivity contribution in [2.75, 3.05) is 26.9 Å². The molecule has 0 spiro atoms. The average Bonchev–Trinajstić information content (AvgIpc) is 3.48. The second-order valence-corrected chi connectivity index (χ2v) is 11.0. The minimum absolute atomic E-state index is 0.0189. The molecule has 1 heterocycles.